The van der Waals surface area contributed by atoms with E-state index in [1.54, 1.807) is 18.2 Å². The van der Waals surface area contributed by atoms with Crippen LogP contribution in [0.2, 0.25) is 0 Å². The molecule has 116 valence electrons. The normalized spacial score (nSPS) is 26.6. The molecule has 0 amide bonds. The smallest absolute Gasteiger partial charge is 0.243 e. The van der Waals surface area contributed by atoms with Gasteiger partial charge in [0.15, 0.2) is 11.5 Å². The molecule has 2 aliphatic rings. The maximum atomic E-state index is 12.7. The largest absolute Gasteiger partial charge is 0.490 e. The third-order valence-corrected chi connectivity index (χ3v) is 6.06. The molecular weight excluding hydrogens is 292 g/mol. The summed E-state index contributed by atoms with van der Waals surface area (Å²) in [6.45, 7) is 3.41. The van der Waals surface area contributed by atoms with Crippen LogP contribution in [0.4, 0.5) is 0 Å². The second-order valence-electron chi connectivity index (χ2n) is 5.47. The van der Waals surface area contributed by atoms with E-state index in [1.165, 1.54) is 4.31 Å². The van der Waals surface area contributed by atoms with Gasteiger partial charge in [0.25, 0.3) is 0 Å². The minimum absolute atomic E-state index is 0.111. The minimum Gasteiger partial charge on any atom is -0.490 e. The van der Waals surface area contributed by atoms with Crippen molar-refractivity contribution < 1.29 is 17.9 Å². The van der Waals surface area contributed by atoms with Crippen LogP contribution in [0.25, 0.3) is 0 Å². The average Bonchev–Trinajstić information content (AvgIpc) is 2.68. The lowest BCUT2D eigenvalue weighted by Gasteiger charge is -2.23. The predicted octanol–water partition coefficient (Wildman–Crippen LogP) is 0.958. The van der Waals surface area contributed by atoms with Gasteiger partial charge in [0.1, 0.15) is 0 Å². The number of nitrogens with two attached hydrogens (primary N) is 1. The van der Waals surface area contributed by atoms with Crippen LogP contribution < -0.4 is 15.2 Å². The number of rotatable bonds is 2. The molecule has 0 aromatic heterocycles. The third kappa shape index (κ3) is 2.61. The van der Waals surface area contributed by atoms with E-state index in [9.17, 15) is 8.42 Å². The molecule has 0 aliphatic carbocycles. The molecule has 1 fully saturated rings. The fraction of sp³-hybridized carbons (Fsp3) is 0.571. The third-order valence-electron chi connectivity index (χ3n) is 4.08. The van der Waals surface area contributed by atoms with Gasteiger partial charge in [-0.25, -0.2) is 8.42 Å². The fourth-order valence-electron chi connectivity index (χ4n) is 2.71. The monoisotopic (exact) mass is 312 g/mol. The zero-order valence-corrected chi connectivity index (χ0v) is 12.8. The summed E-state index contributed by atoms with van der Waals surface area (Å²) in [4.78, 5) is 0.229. The van der Waals surface area contributed by atoms with Crippen LogP contribution in [-0.4, -0.2) is 44.6 Å². The molecular formula is C14H20N2O4S. The first kappa shape index (κ1) is 14.6. The van der Waals surface area contributed by atoms with Gasteiger partial charge in [-0.2, -0.15) is 4.31 Å². The van der Waals surface area contributed by atoms with Crippen molar-refractivity contribution in [1.29, 1.82) is 0 Å². The number of hydrogen-bond acceptors (Lipinski definition) is 5. The molecule has 2 heterocycles. The first-order valence-electron chi connectivity index (χ1n) is 7.17. The Morgan fingerprint density at radius 1 is 1.24 bits per heavy atom. The first-order valence-corrected chi connectivity index (χ1v) is 8.61. The Labute approximate surface area is 124 Å². The number of benzene rings is 1. The highest BCUT2D eigenvalue weighted by atomic mass is 32.2. The molecule has 2 aliphatic heterocycles. The van der Waals surface area contributed by atoms with Crippen molar-refractivity contribution in [2.24, 2.45) is 5.73 Å². The quantitative estimate of drug-likeness (QED) is 0.879. The van der Waals surface area contributed by atoms with E-state index in [0.29, 0.717) is 37.7 Å². The van der Waals surface area contributed by atoms with Gasteiger partial charge in [0.05, 0.1) is 18.1 Å². The average molecular weight is 312 g/mol. The Morgan fingerprint density at radius 2 is 1.95 bits per heavy atom. The van der Waals surface area contributed by atoms with Gasteiger partial charge >= 0.3 is 0 Å². The second kappa shape index (κ2) is 5.47. The summed E-state index contributed by atoms with van der Waals surface area (Å²) in [5, 5.41) is 0. The van der Waals surface area contributed by atoms with Crippen molar-refractivity contribution in [2.45, 2.75) is 36.7 Å². The van der Waals surface area contributed by atoms with Crippen molar-refractivity contribution in [3.05, 3.63) is 18.2 Å². The summed E-state index contributed by atoms with van der Waals surface area (Å²) in [5.41, 5.74) is 5.92. The number of fused-ring (bicyclic) bond motifs is 1. The van der Waals surface area contributed by atoms with Crippen LogP contribution in [0.5, 0.6) is 11.5 Å². The molecule has 0 saturated carbocycles. The molecule has 0 bridgehead atoms. The fourth-order valence-corrected chi connectivity index (χ4v) is 4.42. The number of nitrogens with zero attached hydrogens (tertiary/aromatic N) is 1. The van der Waals surface area contributed by atoms with Gasteiger partial charge < -0.3 is 15.2 Å². The zero-order valence-electron chi connectivity index (χ0n) is 12.0. The molecule has 2 unspecified atom stereocenters. The molecule has 21 heavy (non-hydrogen) atoms. The number of ether oxygens (including phenoxy) is 2. The van der Waals surface area contributed by atoms with Crippen LogP contribution >= 0.6 is 0 Å². The van der Waals surface area contributed by atoms with Gasteiger partial charge in [-0.05, 0) is 25.5 Å². The van der Waals surface area contributed by atoms with E-state index in [2.05, 4.69) is 0 Å². The van der Waals surface area contributed by atoms with Crippen molar-refractivity contribution >= 4 is 10.0 Å². The van der Waals surface area contributed by atoms with E-state index in [1.807, 2.05) is 6.92 Å². The Hall–Kier alpha value is -1.31. The highest BCUT2D eigenvalue weighted by Gasteiger charge is 2.37. The number of sulfonamides is 1. The Kier molecular flexibility index (Phi) is 3.81. The van der Waals surface area contributed by atoms with Crippen LogP contribution in [0, 0.1) is 0 Å². The number of hydrogen-bond donors (Lipinski definition) is 1. The van der Waals surface area contributed by atoms with Gasteiger partial charge in [-0.1, -0.05) is 0 Å². The summed E-state index contributed by atoms with van der Waals surface area (Å²) in [7, 11) is -3.55. The standard InChI is InChI=1S/C14H20N2O4S/c1-10-12(15)5-6-16(10)21(17,18)11-3-4-13-14(9-11)20-8-2-7-19-13/h3-4,9-10,12H,2,5-8,15H2,1H3. The van der Waals surface area contributed by atoms with Gasteiger partial charge in [-0.3, -0.25) is 0 Å². The van der Waals surface area contributed by atoms with E-state index in [4.69, 9.17) is 15.2 Å². The van der Waals surface area contributed by atoms with Gasteiger partial charge in [0, 0.05) is 31.1 Å². The molecule has 1 aromatic carbocycles. The van der Waals surface area contributed by atoms with Crippen molar-refractivity contribution in [3.8, 4) is 11.5 Å². The highest BCUT2D eigenvalue weighted by Crippen LogP contribution is 2.34. The summed E-state index contributed by atoms with van der Waals surface area (Å²) >= 11 is 0. The predicted molar refractivity (Wildman–Crippen MR) is 78.0 cm³/mol. The Balaban J connectivity index is 1.94. The molecule has 6 nitrogen and oxygen atoms in total. The van der Waals surface area contributed by atoms with Gasteiger partial charge in [0.2, 0.25) is 10.0 Å². The summed E-state index contributed by atoms with van der Waals surface area (Å²) in [6.07, 6.45) is 1.47. The van der Waals surface area contributed by atoms with Crippen molar-refractivity contribution in [3.63, 3.8) is 0 Å². The van der Waals surface area contributed by atoms with E-state index in [0.717, 1.165) is 6.42 Å². The lowest BCUT2D eigenvalue weighted by Crippen LogP contribution is -2.40. The van der Waals surface area contributed by atoms with Crippen LogP contribution in [0.15, 0.2) is 23.1 Å². The first-order chi connectivity index (χ1) is 10.00. The van der Waals surface area contributed by atoms with Crippen molar-refractivity contribution in [2.75, 3.05) is 19.8 Å². The summed E-state index contributed by atoms with van der Waals surface area (Å²) in [6, 6.07) is 4.48. The second-order valence-corrected chi connectivity index (χ2v) is 7.36. The van der Waals surface area contributed by atoms with E-state index >= 15 is 0 Å². The van der Waals surface area contributed by atoms with Gasteiger partial charge in [-0.15, -0.1) is 0 Å². The molecule has 2 N–H and O–H groups in total. The summed E-state index contributed by atoms with van der Waals surface area (Å²) < 4.78 is 38.0. The Morgan fingerprint density at radius 3 is 2.62 bits per heavy atom. The molecule has 1 aromatic rings. The van der Waals surface area contributed by atoms with E-state index in [-0.39, 0.29) is 17.0 Å². The van der Waals surface area contributed by atoms with E-state index < -0.39 is 10.0 Å². The molecule has 3 rings (SSSR count). The van der Waals surface area contributed by atoms with Crippen molar-refractivity contribution in [1.82, 2.24) is 4.31 Å². The minimum atomic E-state index is -3.55. The summed E-state index contributed by atoms with van der Waals surface area (Å²) in [5.74, 6) is 1.09. The lowest BCUT2D eigenvalue weighted by atomic mass is 10.2. The van der Waals surface area contributed by atoms with Crippen LogP contribution in [-0.2, 0) is 10.0 Å². The highest BCUT2D eigenvalue weighted by molar-refractivity contribution is 7.89. The maximum Gasteiger partial charge on any atom is 0.243 e. The Bertz CT molecular complexity index is 632. The maximum absolute atomic E-state index is 12.7. The lowest BCUT2D eigenvalue weighted by molar-refractivity contribution is 0.296. The molecule has 0 spiro atoms. The SMILES string of the molecule is CC1C(N)CCN1S(=O)(=O)c1ccc2c(c1)OCCCO2. The molecule has 2 atom stereocenters. The molecule has 0 radical (unpaired) electrons. The van der Waals surface area contributed by atoms with Crippen LogP contribution in [0.1, 0.15) is 19.8 Å². The zero-order chi connectivity index (χ0) is 15.0. The van der Waals surface area contributed by atoms with Crippen LogP contribution in [0.3, 0.4) is 0 Å². The molecule has 7 heteroatoms. The topological polar surface area (TPSA) is 81.9 Å². The molecule has 1 saturated heterocycles.